The van der Waals surface area contributed by atoms with Crippen LogP contribution < -0.4 is 59.8 Å². The molecule has 33 heteroatoms. The molecule has 29 nitrogen and oxygen atoms in total. The van der Waals surface area contributed by atoms with E-state index in [1.807, 2.05) is 57.2 Å². The zero-order valence-corrected chi connectivity index (χ0v) is 57.3. The Bertz CT molecular complexity index is 3370. The van der Waals surface area contributed by atoms with Crippen molar-refractivity contribution < 1.29 is 73.7 Å². The van der Waals surface area contributed by atoms with Crippen molar-refractivity contribution in [2.24, 2.45) is 33.2 Å². The molecule has 0 radical (unpaired) electrons. The van der Waals surface area contributed by atoms with Gasteiger partial charge in [-0.25, -0.2) is 9.78 Å². The van der Waals surface area contributed by atoms with Crippen LogP contribution in [0, 0.1) is 5.92 Å². The van der Waals surface area contributed by atoms with E-state index < -0.39 is 99.2 Å². The maximum absolute atomic E-state index is 14.3. The Morgan fingerprint density at radius 1 is 0.788 bits per heavy atom. The van der Waals surface area contributed by atoms with Crippen LogP contribution in [0.3, 0.4) is 0 Å². The minimum atomic E-state index is -5.54. The number of hydrazone groups is 1. The van der Waals surface area contributed by atoms with Gasteiger partial charge in [0.2, 0.25) is 47.3 Å². The number of hydrogen-bond donors (Lipinski definition) is 11. The highest BCUT2D eigenvalue weighted by molar-refractivity contribution is 7.87. The topological polar surface area (TPSA) is 432 Å². The summed E-state index contributed by atoms with van der Waals surface area (Å²) in [5, 5.41) is 23.3. The third kappa shape index (κ3) is 30.8. The summed E-state index contributed by atoms with van der Waals surface area (Å²) in [5.74, 6) is -7.44. The number of carbonyl (C=O) groups excluding carboxylic acids is 10. The number of likely N-dealkylation sites (tertiary alicyclic amines) is 1. The number of nitrogens with one attached hydrogen (secondary N) is 8. The van der Waals surface area contributed by atoms with E-state index in [2.05, 4.69) is 61.9 Å². The van der Waals surface area contributed by atoms with Crippen molar-refractivity contribution in [3.63, 3.8) is 0 Å². The number of carbonyl (C=O) groups is 10. The maximum atomic E-state index is 14.3. The highest BCUT2D eigenvalue weighted by Crippen LogP contribution is 2.24. The number of hydrogen-bond acceptors (Lipinski definition) is 18. The molecule has 0 saturated carbocycles. The number of halogens is 3. The number of aromatic nitrogens is 1. The Labute approximate surface area is 575 Å². The van der Waals surface area contributed by atoms with Gasteiger partial charge in [-0.05, 0) is 126 Å². The van der Waals surface area contributed by atoms with Gasteiger partial charge in [0.15, 0.2) is 5.96 Å². The molecule has 4 rings (SSSR count). The van der Waals surface area contributed by atoms with Crippen LogP contribution >= 0.6 is 0 Å². The number of unbranched alkanes of at least 4 members (excludes halogenated alkanes) is 5. The third-order valence-electron chi connectivity index (χ3n) is 15.4. The molecule has 99 heavy (non-hydrogen) atoms. The van der Waals surface area contributed by atoms with Crippen LogP contribution in [-0.4, -0.2) is 177 Å². The number of rotatable bonds is 43. The number of benzene rings is 2. The van der Waals surface area contributed by atoms with Gasteiger partial charge in [-0.3, -0.25) is 53.6 Å². The number of amides is 9. The molecule has 2 heterocycles. The first-order chi connectivity index (χ1) is 47.1. The van der Waals surface area contributed by atoms with Crippen molar-refractivity contribution >= 4 is 87.2 Å². The molecule has 0 bridgehead atoms. The number of nitrogens with two attached hydrogens (primary N) is 3. The van der Waals surface area contributed by atoms with Crippen LogP contribution in [0.15, 0.2) is 99.7 Å². The summed E-state index contributed by atoms with van der Waals surface area (Å²) < 4.78 is 66.4. The smallest absolute Gasteiger partial charge is 0.370 e. The zero-order chi connectivity index (χ0) is 72.9. The molecule has 0 aliphatic carbocycles. The second-order valence-corrected chi connectivity index (χ2v) is 25.4. The molecule has 544 valence electrons. The van der Waals surface area contributed by atoms with Crippen LogP contribution in [0.4, 0.5) is 19.0 Å². The molecule has 1 aliphatic heterocycles. The van der Waals surface area contributed by atoms with E-state index in [0.717, 1.165) is 17.8 Å². The summed E-state index contributed by atoms with van der Waals surface area (Å²) in [6.45, 7) is 7.85. The fraction of sp³-hybridized carbons (Fsp3) is 0.530. The summed E-state index contributed by atoms with van der Waals surface area (Å²) in [6, 6.07) is 12.6. The first-order valence-electron chi connectivity index (χ1n) is 33.1. The molecule has 9 amide bonds. The summed E-state index contributed by atoms with van der Waals surface area (Å²) in [6.07, 6.45) is 6.33. The van der Waals surface area contributed by atoms with E-state index in [-0.39, 0.29) is 99.0 Å². The minimum absolute atomic E-state index is 0.0456. The SMILES string of the molecule is CCC/C(=C\CCCCCC(=O)NCCNC(=O)c1ccc(N/N=C/c2ccccc2S(=O)(=O)OC(=O)C(F)(F)F)nc1)NC(=O)[C@H](CC(C)C)NC(=O)[C@H](CCc1ccccc1)NC(=O)CNC(=O)[C@H](CCCCN=C(N)N)NC(=O)[C@@H]1CCCN1C(=O)CN(CCCCN)C(C)=O. The van der Waals surface area contributed by atoms with E-state index in [1.54, 1.807) is 0 Å². The lowest BCUT2D eigenvalue weighted by Gasteiger charge is -2.29. The van der Waals surface area contributed by atoms with E-state index in [4.69, 9.17) is 17.2 Å². The molecule has 14 N–H and O–H groups in total. The zero-order valence-electron chi connectivity index (χ0n) is 56.5. The number of aryl methyl sites for hydroxylation is 1. The predicted octanol–water partition coefficient (Wildman–Crippen LogP) is 3.19. The Kier molecular flexibility index (Phi) is 35.6. The van der Waals surface area contributed by atoms with Gasteiger partial charge in [0, 0.05) is 63.5 Å². The Balaban J connectivity index is 1.28. The number of guanidine groups is 1. The molecule has 1 aromatic heterocycles. The fourth-order valence-electron chi connectivity index (χ4n) is 10.3. The molecular weight excluding hydrogens is 1310 g/mol. The van der Waals surface area contributed by atoms with Crippen LogP contribution in [0.2, 0.25) is 0 Å². The lowest BCUT2D eigenvalue weighted by molar-refractivity contribution is -0.189. The summed E-state index contributed by atoms with van der Waals surface area (Å²) >= 11 is 0. The Morgan fingerprint density at radius 3 is 2.18 bits per heavy atom. The van der Waals surface area contributed by atoms with Gasteiger partial charge in [0.1, 0.15) is 34.9 Å². The molecule has 1 fully saturated rings. The largest absolute Gasteiger partial charge is 0.492 e. The molecule has 0 spiro atoms. The average molecular weight is 1410 g/mol. The Morgan fingerprint density at radius 2 is 1.51 bits per heavy atom. The van der Waals surface area contributed by atoms with Gasteiger partial charge in [-0.15, -0.1) is 0 Å². The molecule has 0 unspecified atom stereocenters. The van der Waals surface area contributed by atoms with Crippen LogP contribution in [0.5, 0.6) is 0 Å². The van der Waals surface area contributed by atoms with Gasteiger partial charge < -0.3 is 68.4 Å². The molecule has 2 aromatic carbocycles. The predicted molar refractivity (Wildman–Crippen MR) is 364 cm³/mol. The second kappa shape index (κ2) is 43.0. The molecule has 4 atom stereocenters. The van der Waals surface area contributed by atoms with Gasteiger partial charge in [0.25, 0.3) is 5.91 Å². The maximum Gasteiger partial charge on any atom is 0.492 e. The average Bonchev–Trinajstić information content (AvgIpc) is 1.48. The van der Waals surface area contributed by atoms with Crippen molar-refractivity contribution in [2.75, 3.05) is 57.8 Å². The third-order valence-corrected chi connectivity index (χ3v) is 16.7. The highest BCUT2D eigenvalue weighted by Gasteiger charge is 2.44. The highest BCUT2D eigenvalue weighted by atomic mass is 32.2. The van der Waals surface area contributed by atoms with Crippen molar-refractivity contribution in [1.82, 2.24) is 52.0 Å². The number of alkyl halides is 3. The lowest BCUT2D eigenvalue weighted by Crippen LogP contribution is -2.56. The van der Waals surface area contributed by atoms with Crippen LogP contribution in [-0.2, 0) is 63.9 Å². The van der Waals surface area contributed by atoms with Gasteiger partial charge in [0.05, 0.1) is 24.9 Å². The molecule has 1 aliphatic rings. The van der Waals surface area contributed by atoms with E-state index >= 15 is 0 Å². The monoisotopic (exact) mass is 1410 g/mol. The standard InChI is InChI=1S/C66H95F3N16O13S/c1-5-20-49(24-11-6-7-12-28-56(87)73-35-36-74-59(90)48-30-32-55(76-40-48)83-78-41-47-23-13-14-27-54(47)99(96,97)98-64(95)66(67,68)69)79-62(93)52(39-44(2)3)82-61(92)51(31-29-46-21-9-8-10-22-46)80-57(88)42-77-60(91)50(25-15-17-34-75-65(71)72)81-63(94)53-26-19-38-85(53)58(89)43-84(45(4)86)37-18-16-33-70/h8-10,13-14,21-24,27,30,32,40-41,44,50-53H,5-7,11-12,15-20,25-26,28-29,31,33-39,42-43,70H2,1-4H3,(H,73,87)(H,74,90)(H,76,83)(H,77,91)(H,79,93)(H,80,88)(H,81,94)(H,82,92)(H4,71,72,75)/b49-24+,78-41+/t50-,51-,52-,53-/m0/s1. The first kappa shape index (κ1) is 81.9. The van der Waals surface area contributed by atoms with Gasteiger partial charge in [-0.1, -0.05) is 88.2 Å². The van der Waals surface area contributed by atoms with Gasteiger partial charge in [-0.2, -0.15) is 26.7 Å². The summed E-state index contributed by atoms with van der Waals surface area (Å²) in [5.41, 5.74) is 20.6. The van der Waals surface area contributed by atoms with Crippen molar-refractivity contribution in [3.05, 3.63) is 101 Å². The van der Waals surface area contributed by atoms with Gasteiger partial charge >= 0.3 is 22.3 Å². The molecular formula is C66H95F3N16O13S. The van der Waals surface area contributed by atoms with E-state index in [9.17, 15) is 69.5 Å². The number of pyridine rings is 1. The minimum Gasteiger partial charge on any atom is -0.370 e. The fourth-order valence-corrected chi connectivity index (χ4v) is 11.3. The quantitative estimate of drug-likeness (QED) is 0.0127. The van der Waals surface area contributed by atoms with E-state index in [0.29, 0.717) is 102 Å². The molecule has 3 aromatic rings. The first-order valence-corrected chi connectivity index (χ1v) is 34.5. The van der Waals surface area contributed by atoms with Crippen molar-refractivity contribution in [1.29, 1.82) is 0 Å². The summed E-state index contributed by atoms with van der Waals surface area (Å²) in [4.78, 5) is 143. The second-order valence-electron chi connectivity index (χ2n) is 23.9. The number of nitrogens with zero attached hydrogens (tertiary/aromatic N) is 5. The van der Waals surface area contributed by atoms with Crippen molar-refractivity contribution in [3.8, 4) is 0 Å². The normalized spacial score (nSPS) is 14.1. The van der Waals surface area contributed by atoms with Crippen LogP contribution in [0.25, 0.3) is 0 Å². The molecule has 1 saturated heterocycles. The Hall–Kier alpha value is -9.53. The number of allylic oxidation sites excluding steroid dienone is 2. The summed E-state index contributed by atoms with van der Waals surface area (Å²) in [7, 11) is -5.16. The lowest BCUT2D eigenvalue weighted by atomic mass is 10.0. The number of anilines is 1. The van der Waals surface area contributed by atoms with Crippen LogP contribution in [0.1, 0.15) is 152 Å². The number of aliphatic imine (C=N–C) groups is 1. The van der Waals surface area contributed by atoms with E-state index in [1.165, 1.54) is 53.3 Å². The van der Waals surface area contributed by atoms with Crippen molar-refractivity contribution in [2.45, 2.75) is 172 Å².